The van der Waals surface area contributed by atoms with Gasteiger partial charge in [-0.2, -0.15) is 0 Å². The van der Waals surface area contributed by atoms with Gasteiger partial charge in [0.2, 0.25) is 11.9 Å². The van der Waals surface area contributed by atoms with Gasteiger partial charge < -0.3 is 10.2 Å². The van der Waals surface area contributed by atoms with Crippen LogP contribution in [0.2, 0.25) is 0 Å². The Morgan fingerprint density at radius 1 is 1.58 bits per heavy atom. The van der Waals surface area contributed by atoms with E-state index in [9.17, 15) is 4.79 Å². The SMILES string of the molecule is CCCCN=C(NN)N1CCC2NC(=O)CCC2C1. The predicted molar refractivity (Wildman–Crippen MR) is 75.4 cm³/mol. The molecule has 0 spiro atoms. The van der Waals surface area contributed by atoms with Crippen LogP contribution in [0.1, 0.15) is 39.0 Å². The summed E-state index contributed by atoms with van der Waals surface area (Å²) in [6.45, 7) is 4.80. The highest BCUT2D eigenvalue weighted by atomic mass is 16.1. The highest BCUT2D eigenvalue weighted by Crippen LogP contribution is 2.25. The molecule has 0 radical (unpaired) electrons. The number of hydrogen-bond donors (Lipinski definition) is 3. The summed E-state index contributed by atoms with van der Waals surface area (Å²) >= 11 is 0. The third-order valence-corrected chi connectivity index (χ3v) is 4.02. The van der Waals surface area contributed by atoms with Crippen molar-refractivity contribution in [2.75, 3.05) is 19.6 Å². The molecule has 0 bridgehead atoms. The van der Waals surface area contributed by atoms with Crippen LogP contribution >= 0.6 is 0 Å². The molecule has 2 heterocycles. The largest absolute Gasteiger partial charge is 0.353 e. The summed E-state index contributed by atoms with van der Waals surface area (Å²) in [6.07, 6.45) is 4.82. The lowest BCUT2D eigenvalue weighted by Crippen LogP contribution is -2.57. The second-order valence-electron chi connectivity index (χ2n) is 5.41. The van der Waals surface area contributed by atoms with Gasteiger partial charge >= 0.3 is 0 Å². The van der Waals surface area contributed by atoms with Gasteiger partial charge in [-0.05, 0) is 25.2 Å². The highest BCUT2D eigenvalue weighted by Gasteiger charge is 2.34. The number of likely N-dealkylation sites (tertiary alicyclic amines) is 1. The van der Waals surface area contributed by atoms with E-state index in [0.29, 0.717) is 18.4 Å². The third-order valence-electron chi connectivity index (χ3n) is 4.02. The fourth-order valence-electron chi connectivity index (χ4n) is 2.88. The summed E-state index contributed by atoms with van der Waals surface area (Å²) in [5.74, 6) is 7.10. The first-order valence-electron chi connectivity index (χ1n) is 7.30. The number of carbonyl (C=O) groups is 1. The van der Waals surface area contributed by atoms with E-state index in [2.05, 4.69) is 27.6 Å². The predicted octanol–water partition coefficient (Wildman–Crippen LogP) is 0.206. The summed E-state index contributed by atoms with van der Waals surface area (Å²) in [5, 5.41) is 3.09. The van der Waals surface area contributed by atoms with E-state index < -0.39 is 0 Å². The fourth-order valence-corrected chi connectivity index (χ4v) is 2.88. The van der Waals surface area contributed by atoms with Crippen molar-refractivity contribution < 1.29 is 4.79 Å². The van der Waals surface area contributed by atoms with Crippen LogP contribution in [0.3, 0.4) is 0 Å². The van der Waals surface area contributed by atoms with Gasteiger partial charge in [-0.15, -0.1) is 0 Å². The van der Waals surface area contributed by atoms with Crippen molar-refractivity contribution in [3.8, 4) is 0 Å². The van der Waals surface area contributed by atoms with E-state index in [0.717, 1.165) is 51.3 Å². The van der Waals surface area contributed by atoms with E-state index in [1.807, 2.05) is 0 Å². The first kappa shape index (κ1) is 14.1. The molecule has 2 aliphatic rings. The molecule has 19 heavy (non-hydrogen) atoms. The zero-order chi connectivity index (χ0) is 13.7. The van der Waals surface area contributed by atoms with Crippen molar-refractivity contribution in [1.29, 1.82) is 0 Å². The average molecular weight is 267 g/mol. The van der Waals surface area contributed by atoms with Crippen molar-refractivity contribution in [3.63, 3.8) is 0 Å². The molecule has 0 aromatic carbocycles. The van der Waals surface area contributed by atoms with Crippen molar-refractivity contribution in [2.45, 2.75) is 45.1 Å². The van der Waals surface area contributed by atoms with Crippen molar-refractivity contribution in [2.24, 2.45) is 16.8 Å². The maximum absolute atomic E-state index is 11.4. The van der Waals surface area contributed by atoms with Crippen molar-refractivity contribution >= 4 is 11.9 Å². The van der Waals surface area contributed by atoms with Crippen molar-refractivity contribution in [3.05, 3.63) is 0 Å². The van der Waals surface area contributed by atoms with Crippen LogP contribution < -0.4 is 16.6 Å². The maximum atomic E-state index is 11.4. The lowest BCUT2D eigenvalue weighted by atomic mass is 9.85. The van der Waals surface area contributed by atoms with Crippen LogP contribution in [-0.4, -0.2) is 42.4 Å². The van der Waals surface area contributed by atoms with E-state index in [-0.39, 0.29) is 5.91 Å². The van der Waals surface area contributed by atoms with Crippen LogP contribution in [0.25, 0.3) is 0 Å². The third kappa shape index (κ3) is 3.59. The van der Waals surface area contributed by atoms with Crippen LogP contribution in [0.4, 0.5) is 0 Å². The Morgan fingerprint density at radius 2 is 2.42 bits per heavy atom. The first-order valence-corrected chi connectivity index (χ1v) is 7.30. The van der Waals surface area contributed by atoms with E-state index in [4.69, 9.17) is 5.84 Å². The summed E-state index contributed by atoms with van der Waals surface area (Å²) in [4.78, 5) is 18.1. The Kier molecular flexibility index (Phi) is 5.01. The Morgan fingerprint density at radius 3 is 3.16 bits per heavy atom. The Labute approximate surface area is 114 Å². The molecule has 2 atom stereocenters. The monoisotopic (exact) mass is 267 g/mol. The lowest BCUT2D eigenvalue weighted by Gasteiger charge is -2.42. The number of piperidine rings is 2. The van der Waals surface area contributed by atoms with Crippen molar-refractivity contribution in [1.82, 2.24) is 15.6 Å². The van der Waals surface area contributed by atoms with Crippen LogP contribution in [0.15, 0.2) is 4.99 Å². The molecule has 6 heteroatoms. The van der Waals surface area contributed by atoms with Gasteiger partial charge in [-0.25, -0.2) is 5.84 Å². The van der Waals surface area contributed by atoms with Crippen LogP contribution in [0.5, 0.6) is 0 Å². The highest BCUT2D eigenvalue weighted by molar-refractivity contribution is 5.80. The summed E-state index contributed by atoms with van der Waals surface area (Å²) in [6, 6.07) is 0.340. The van der Waals surface area contributed by atoms with Gasteiger partial charge in [-0.1, -0.05) is 13.3 Å². The fraction of sp³-hybridized carbons (Fsp3) is 0.846. The van der Waals surface area contributed by atoms with E-state index in [1.54, 1.807) is 0 Å². The van der Waals surface area contributed by atoms with Gasteiger partial charge in [0.15, 0.2) is 0 Å². The number of amides is 1. The molecular weight excluding hydrogens is 242 g/mol. The molecule has 4 N–H and O–H groups in total. The number of carbonyl (C=O) groups excluding carboxylic acids is 1. The molecule has 108 valence electrons. The first-order chi connectivity index (χ1) is 9.24. The molecule has 0 saturated carbocycles. The molecule has 2 saturated heterocycles. The Hall–Kier alpha value is -1.30. The molecule has 0 aromatic rings. The van der Waals surface area contributed by atoms with Gasteiger partial charge in [0.25, 0.3) is 0 Å². The normalized spacial score (nSPS) is 27.8. The minimum atomic E-state index is 0.198. The number of fused-ring (bicyclic) bond motifs is 1. The number of hydrazine groups is 1. The Balaban J connectivity index is 1.91. The number of nitrogens with zero attached hydrogens (tertiary/aromatic N) is 2. The number of hydrogen-bond acceptors (Lipinski definition) is 3. The van der Waals surface area contributed by atoms with Gasteiger partial charge in [0.05, 0.1) is 0 Å². The Bertz CT molecular complexity index is 344. The number of aliphatic imine (C=N–C) groups is 1. The lowest BCUT2D eigenvalue weighted by molar-refractivity contribution is -0.125. The quantitative estimate of drug-likeness (QED) is 0.224. The molecule has 1 amide bonds. The molecule has 2 fully saturated rings. The van der Waals surface area contributed by atoms with Gasteiger partial charge in [0, 0.05) is 32.1 Å². The smallest absolute Gasteiger partial charge is 0.220 e. The number of guanidine groups is 1. The van der Waals surface area contributed by atoms with Gasteiger partial charge in [-0.3, -0.25) is 15.2 Å². The second kappa shape index (κ2) is 6.75. The van der Waals surface area contributed by atoms with E-state index in [1.165, 1.54) is 0 Å². The summed E-state index contributed by atoms with van der Waals surface area (Å²) in [7, 11) is 0. The number of rotatable bonds is 3. The summed E-state index contributed by atoms with van der Waals surface area (Å²) in [5.41, 5.74) is 2.72. The minimum Gasteiger partial charge on any atom is -0.353 e. The topological polar surface area (TPSA) is 82.8 Å². The number of nitrogens with two attached hydrogens (primary N) is 1. The molecule has 0 aliphatic carbocycles. The molecule has 0 aromatic heterocycles. The van der Waals surface area contributed by atoms with Crippen LogP contribution in [0, 0.1) is 5.92 Å². The maximum Gasteiger partial charge on any atom is 0.220 e. The summed E-state index contributed by atoms with van der Waals surface area (Å²) < 4.78 is 0. The molecular formula is C13H25N5O. The van der Waals surface area contributed by atoms with E-state index >= 15 is 0 Å². The molecule has 6 nitrogen and oxygen atoms in total. The zero-order valence-electron chi connectivity index (χ0n) is 11.7. The van der Waals surface area contributed by atoms with Gasteiger partial charge in [0.1, 0.15) is 0 Å². The second-order valence-corrected chi connectivity index (χ2v) is 5.41. The molecule has 2 aliphatic heterocycles. The van der Waals surface area contributed by atoms with Crippen LogP contribution in [-0.2, 0) is 4.79 Å². The molecule has 2 rings (SSSR count). The minimum absolute atomic E-state index is 0.198. The standard InChI is InChI=1S/C13H25N5O/c1-2-3-7-15-13(17-14)18-8-6-11-10(9-18)4-5-12(19)16-11/h10-11H,2-9,14H2,1H3,(H,15,17)(H,16,19). The average Bonchev–Trinajstić information content (AvgIpc) is 2.43. The number of nitrogens with one attached hydrogen (secondary N) is 2. The molecule has 2 unspecified atom stereocenters. The number of unbranched alkanes of at least 4 members (excludes halogenated alkanes) is 1. The zero-order valence-corrected chi connectivity index (χ0v) is 11.7.